The molecule has 1 amide bonds. The summed E-state index contributed by atoms with van der Waals surface area (Å²) in [4.78, 5) is 27.9. The molecule has 0 radical (unpaired) electrons. The molecule has 7 nitrogen and oxygen atoms in total. The lowest BCUT2D eigenvalue weighted by Gasteiger charge is -2.33. The number of carbonyl (C=O) groups is 1. The molecule has 4 rings (SSSR count). The maximum atomic E-state index is 12.7. The molecule has 0 unspecified atom stereocenters. The Labute approximate surface area is 165 Å². The first kappa shape index (κ1) is 18.2. The smallest absolute Gasteiger partial charge is 0.225 e. The molecular weight excluding hydrogens is 354 g/mol. The van der Waals surface area contributed by atoms with Gasteiger partial charge in [-0.25, -0.2) is 9.97 Å². The fourth-order valence-corrected chi connectivity index (χ4v) is 3.62. The number of rotatable bonds is 5. The molecule has 7 heteroatoms. The molecule has 1 fully saturated rings. The quantitative estimate of drug-likeness (QED) is 0.734. The zero-order valence-corrected chi connectivity index (χ0v) is 15.8. The molecule has 1 atom stereocenters. The van der Waals surface area contributed by atoms with E-state index in [1.165, 1.54) is 0 Å². The Morgan fingerprint density at radius 1 is 1.29 bits per heavy atom. The SMILES string of the molecule is COc1ccccc1CNC(=O)[C@H]1CCCN(c2cnc3nccnc3c2)C1.[HH]. The van der Waals surface area contributed by atoms with Gasteiger partial charge >= 0.3 is 0 Å². The summed E-state index contributed by atoms with van der Waals surface area (Å²) in [5.74, 6) is 0.807. The highest BCUT2D eigenvalue weighted by molar-refractivity contribution is 5.80. The van der Waals surface area contributed by atoms with Crippen molar-refractivity contribution < 1.29 is 11.0 Å². The van der Waals surface area contributed by atoms with Gasteiger partial charge in [0.05, 0.1) is 24.9 Å². The number of nitrogens with one attached hydrogen (secondary N) is 1. The summed E-state index contributed by atoms with van der Waals surface area (Å²) in [6.45, 7) is 2.04. The molecule has 1 aromatic carbocycles. The Balaban J connectivity index is 0.00000240. The van der Waals surface area contributed by atoms with Crippen LogP contribution in [0.25, 0.3) is 11.2 Å². The van der Waals surface area contributed by atoms with Gasteiger partial charge in [-0.1, -0.05) is 18.2 Å². The van der Waals surface area contributed by atoms with E-state index in [4.69, 9.17) is 4.74 Å². The second kappa shape index (κ2) is 8.21. The number of fused-ring (bicyclic) bond motifs is 1. The first-order chi connectivity index (χ1) is 13.7. The van der Waals surface area contributed by atoms with Crippen LogP contribution in [0.3, 0.4) is 0 Å². The first-order valence-electron chi connectivity index (χ1n) is 9.46. The molecule has 1 aliphatic rings. The van der Waals surface area contributed by atoms with Crippen molar-refractivity contribution in [1.82, 2.24) is 20.3 Å². The minimum absolute atomic E-state index is 0. The third kappa shape index (κ3) is 3.88. The number of hydrogen-bond acceptors (Lipinski definition) is 6. The molecule has 0 saturated carbocycles. The van der Waals surface area contributed by atoms with E-state index < -0.39 is 0 Å². The molecule has 1 N–H and O–H groups in total. The van der Waals surface area contributed by atoms with Crippen LogP contribution in [0.2, 0.25) is 0 Å². The molecule has 0 spiro atoms. The molecule has 1 saturated heterocycles. The highest BCUT2D eigenvalue weighted by Crippen LogP contribution is 2.25. The molecule has 2 aromatic heterocycles. The molecular formula is C21H25N5O2. The van der Waals surface area contributed by atoms with E-state index in [2.05, 4.69) is 25.2 Å². The molecule has 3 aromatic rings. The average Bonchev–Trinajstić information content (AvgIpc) is 2.77. The number of aromatic nitrogens is 3. The Hall–Kier alpha value is -3.22. The summed E-state index contributed by atoms with van der Waals surface area (Å²) in [6, 6.07) is 9.73. The lowest BCUT2D eigenvalue weighted by Crippen LogP contribution is -2.43. The molecule has 3 heterocycles. The second-order valence-corrected chi connectivity index (χ2v) is 6.91. The summed E-state index contributed by atoms with van der Waals surface area (Å²) < 4.78 is 5.36. The fraction of sp³-hybridized carbons (Fsp3) is 0.333. The predicted molar refractivity (Wildman–Crippen MR) is 109 cm³/mol. The van der Waals surface area contributed by atoms with Crippen molar-refractivity contribution in [2.45, 2.75) is 19.4 Å². The minimum atomic E-state index is -0.0546. The van der Waals surface area contributed by atoms with Gasteiger partial charge in [-0.2, -0.15) is 0 Å². The van der Waals surface area contributed by atoms with Crippen LogP contribution in [-0.4, -0.2) is 41.1 Å². The lowest BCUT2D eigenvalue weighted by atomic mass is 9.96. The number of pyridine rings is 1. The molecule has 0 bridgehead atoms. The fourth-order valence-electron chi connectivity index (χ4n) is 3.62. The number of nitrogens with zero attached hydrogens (tertiary/aromatic N) is 4. The number of methoxy groups -OCH3 is 1. The third-order valence-corrected chi connectivity index (χ3v) is 5.11. The number of piperidine rings is 1. The van der Waals surface area contributed by atoms with Gasteiger partial charge in [0.15, 0.2) is 5.65 Å². The van der Waals surface area contributed by atoms with Crippen molar-refractivity contribution in [2.24, 2.45) is 5.92 Å². The van der Waals surface area contributed by atoms with Crippen molar-refractivity contribution in [3.05, 3.63) is 54.5 Å². The van der Waals surface area contributed by atoms with Crippen LogP contribution >= 0.6 is 0 Å². The molecule has 28 heavy (non-hydrogen) atoms. The average molecular weight is 379 g/mol. The number of hydrogen-bond donors (Lipinski definition) is 1. The van der Waals surface area contributed by atoms with Crippen LogP contribution in [0.4, 0.5) is 5.69 Å². The topological polar surface area (TPSA) is 80.2 Å². The van der Waals surface area contributed by atoms with Crippen molar-refractivity contribution in [3.63, 3.8) is 0 Å². The predicted octanol–water partition coefficient (Wildman–Crippen LogP) is 2.81. The van der Waals surface area contributed by atoms with Gasteiger partial charge in [-0.15, -0.1) is 0 Å². The zero-order chi connectivity index (χ0) is 19.3. The van der Waals surface area contributed by atoms with Gasteiger partial charge in [0.1, 0.15) is 11.3 Å². The normalized spacial score (nSPS) is 16.8. The number of amides is 1. The van der Waals surface area contributed by atoms with E-state index in [-0.39, 0.29) is 13.3 Å². The Kier molecular flexibility index (Phi) is 5.32. The molecule has 0 aliphatic carbocycles. The van der Waals surface area contributed by atoms with E-state index in [0.29, 0.717) is 18.7 Å². The number of ether oxygens (including phenoxy) is 1. The largest absolute Gasteiger partial charge is 0.496 e. The maximum absolute atomic E-state index is 12.7. The second-order valence-electron chi connectivity index (χ2n) is 6.91. The minimum Gasteiger partial charge on any atom is -0.496 e. The standard InChI is InChI=1S/C21H23N5O2.H2/c1-28-19-7-3-2-5-15(19)12-25-21(27)16-6-4-10-26(14-16)17-11-18-20(24-13-17)23-9-8-22-18;/h2-3,5,7-9,11,13,16H,4,6,10,12,14H2,1H3,(H,25,27);1H/t16-;/m0./s1. The van der Waals surface area contributed by atoms with Crippen LogP contribution < -0.4 is 15.0 Å². The van der Waals surface area contributed by atoms with Crippen LogP contribution in [0, 0.1) is 5.92 Å². The van der Waals surface area contributed by atoms with Gasteiger partial charge in [0.25, 0.3) is 0 Å². The van der Waals surface area contributed by atoms with E-state index in [0.717, 1.165) is 41.9 Å². The van der Waals surface area contributed by atoms with E-state index >= 15 is 0 Å². The Bertz CT molecular complexity index is 984. The summed E-state index contributed by atoms with van der Waals surface area (Å²) in [6.07, 6.45) is 6.96. The maximum Gasteiger partial charge on any atom is 0.225 e. The summed E-state index contributed by atoms with van der Waals surface area (Å²) >= 11 is 0. The van der Waals surface area contributed by atoms with Gasteiger partial charge in [-0.3, -0.25) is 9.78 Å². The molecule has 146 valence electrons. The summed E-state index contributed by atoms with van der Waals surface area (Å²) in [5, 5.41) is 3.06. The van der Waals surface area contributed by atoms with E-state index in [1.54, 1.807) is 19.5 Å². The van der Waals surface area contributed by atoms with Crippen molar-refractivity contribution in [1.29, 1.82) is 0 Å². The number of anilines is 1. The number of benzene rings is 1. The van der Waals surface area contributed by atoms with Gasteiger partial charge < -0.3 is 15.0 Å². The first-order valence-corrected chi connectivity index (χ1v) is 9.46. The third-order valence-electron chi connectivity index (χ3n) is 5.11. The van der Waals surface area contributed by atoms with Gasteiger partial charge in [0.2, 0.25) is 5.91 Å². The van der Waals surface area contributed by atoms with Crippen molar-refractivity contribution in [2.75, 3.05) is 25.1 Å². The van der Waals surface area contributed by atoms with E-state index in [9.17, 15) is 4.79 Å². The van der Waals surface area contributed by atoms with Crippen molar-refractivity contribution in [3.8, 4) is 5.75 Å². The zero-order valence-electron chi connectivity index (χ0n) is 15.8. The van der Waals surface area contributed by atoms with Gasteiger partial charge in [0, 0.05) is 39.0 Å². The van der Waals surface area contributed by atoms with Crippen molar-refractivity contribution >= 4 is 22.8 Å². The monoisotopic (exact) mass is 379 g/mol. The van der Waals surface area contributed by atoms with Gasteiger partial charge in [-0.05, 0) is 25.0 Å². The highest BCUT2D eigenvalue weighted by Gasteiger charge is 2.26. The summed E-state index contributed by atoms with van der Waals surface area (Å²) in [7, 11) is 1.64. The Morgan fingerprint density at radius 2 is 2.14 bits per heavy atom. The number of para-hydroxylation sites is 1. The number of carbonyl (C=O) groups excluding carboxylic acids is 1. The van der Waals surface area contributed by atoms with E-state index in [1.807, 2.05) is 36.5 Å². The lowest BCUT2D eigenvalue weighted by molar-refractivity contribution is -0.125. The molecule has 1 aliphatic heterocycles. The summed E-state index contributed by atoms with van der Waals surface area (Å²) in [5.41, 5.74) is 3.36. The Morgan fingerprint density at radius 3 is 3.04 bits per heavy atom. The van der Waals surface area contributed by atoms with Crippen LogP contribution in [-0.2, 0) is 11.3 Å². The van der Waals surface area contributed by atoms with Crippen LogP contribution in [0.5, 0.6) is 5.75 Å². The highest BCUT2D eigenvalue weighted by atomic mass is 16.5. The van der Waals surface area contributed by atoms with Crippen LogP contribution in [0.1, 0.15) is 19.8 Å². The van der Waals surface area contributed by atoms with Crippen LogP contribution in [0.15, 0.2) is 48.9 Å².